The number of nitrogens with zero attached hydrogens (tertiary/aromatic N) is 2. The smallest absolute Gasteiger partial charge is 0.338 e. The number of nitrogens with one attached hydrogen (secondary N) is 1. The normalized spacial score (nSPS) is 10.5. The van der Waals surface area contributed by atoms with E-state index >= 15 is 0 Å². The van der Waals surface area contributed by atoms with Crippen LogP contribution in [0.15, 0.2) is 59.4 Å². The summed E-state index contributed by atoms with van der Waals surface area (Å²) in [5.74, 6) is -0.819. The molecular weight excluding hydrogens is 382 g/mol. The predicted octanol–water partition coefficient (Wildman–Crippen LogP) is 3.34. The molecule has 1 N–H and O–H groups in total. The van der Waals surface area contributed by atoms with Crippen molar-refractivity contribution in [3.8, 4) is 11.3 Å². The average Bonchev–Trinajstić information content (AvgIpc) is 2.72. The first kappa shape index (κ1) is 21.0. The molecule has 0 saturated heterocycles. The molecule has 7 heteroatoms. The zero-order chi connectivity index (χ0) is 21.7. The van der Waals surface area contributed by atoms with Gasteiger partial charge in [-0.15, -0.1) is 0 Å². The van der Waals surface area contributed by atoms with Crippen LogP contribution in [0, 0.1) is 13.8 Å². The van der Waals surface area contributed by atoms with E-state index in [1.54, 1.807) is 37.3 Å². The highest BCUT2D eigenvalue weighted by Gasteiger charge is 2.11. The number of ether oxygens (including phenoxy) is 1. The molecule has 0 spiro atoms. The molecule has 154 valence electrons. The van der Waals surface area contributed by atoms with Gasteiger partial charge >= 0.3 is 5.97 Å². The molecule has 7 nitrogen and oxygen atoms in total. The van der Waals surface area contributed by atoms with E-state index in [-0.39, 0.29) is 12.1 Å². The second-order valence-corrected chi connectivity index (χ2v) is 6.88. The Hall–Kier alpha value is -3.74. The van der Waals surface area contributed by atoms with Gasteiger partial charge in [0.05, 0.1) is 17.9 Å². The van der Waals surface area contributed by atoms with Crippen LogP contribution in [0.1, 0.15) is 28.4 Å². The number of rotatable bonds is 6. The number of aromatic nitrogens is 2. The van der Waals surface area contributed by atoms with Crippen molar-refractivity contribution in [1.82, 2.24) is 9.78 Å². The van der Waals surface area contributed by atoms with E-state index in [1.165, 1.54) is 6.07 Å². The Morgan fingerprint density at radius 1 is 1.03 bits per heavy atom. The van der Waals surface area contributed by atoms with E-state index in [1.807, 2.05) is 32.0 Å². The molecule has 0 unspecified atom stereocenters. The molecule has 0 radical (unpaired) electrons. The summed E-state index contributed by atoms with van der Waals surface area (Å²) in [6.07, 6.45) is 0. The number of hydrogen-bond donors (Lipinski definition) is 1. The minimum atomic E-state index is -0.422. The summed E-state index contributed by atoms with van der Waals surface area (Å²) < 4.78 is 6.07. The first-order chi connectivity index (χ1) is 14.4. The van der Waals surface area contributed by atoms with Crippen molar-refractivity contribution < 1.29 is 14.3 Å². The lowest BCUT2D eigenvalue weighted by molar-refractivity contribution is -0.117. The van der Waals surface area contributed by atoms with Gasteiger partial charge < -0.3 is 10.1 Å². The number of carbonyl (C=O) groups excluding carboxylic acids is 2. The molecule has 1 heterocycles. The van der Waals surface area contributed by atoms with Crippen LogP contribution in [0.4, 0.5) is 5.69 Å². The van der Waals surface area contributed by atoms with Gasteiger partial charge in [0.25, 0.3) is 5.56 Å². The summed E-state index contributed by atoms with van der Waals surface area (Å²) in [5.41, 5.74) is 4.20. The highest BCUT2D eigenvalue weighted by atomic mass is 16.5. The fourth-order valence-electron chi connectivity index (χ4n) is 2.96. The number of benzene rings is 2. The van der Waals surface area contributed by atoms with Gasteiger partial charge in [-0.05, 0) is 62.7 Å². The van der Waals surface area contributed by atoms with Gasteiger partial charge in [-0.2, -0.15) is 5.10 Å². The number of carbonyl (C=O) groups is 2. The maximum atomic E-state index is 12.4. The Morgan fingerprint density at radius 2 is 1.77 bits per heavy atom. The Bertz CT molecular complexity index is 1130. The molecule has 0 aliphatic rings. The standard InChI is InChI=1S/C23H23N3O4/c1-4-30-23(29)17-7-9-18(10-8-17)24-21(27)14-26-22(28)12-11-20(25-26)19-13-15(2)5-6-16(19)3/h5-13H,4,14H2,1-3H3,(H,24,27). The molecule has 1 aromatic heterocycles. The lowest BCUT2D eigenvalue weighted by Gasteiger charge is -2.10. The van der Waals surface area contributed by atoms with E-state index < -0.39 is 11.9 Å². The highest BCUT2D eigenvalue weighted by Crippen LogP contribution is 2.21. The van der Waals surface area contributed by atoms with Crippen molar-refractivity contribution in [2.75, 3.05) is 11.9 Å². The van der Waals surface area contributed by atoms with E-state index in [2.05, 4.69) is 10.4 Å². The summed E-state index contributed by atoms with van der Waals surface area (Å²) in [5, 5.41) is 7.07. The molecule has 3 rings (SSSR count). The maximum absolute atomic E-state index is 12.4. The fraction of sp³-hybridized carbons (Fsp3) is 0.217. The lowest BCUT2D eigenvalue weighted by Crippen LogP contribution is -2.29. The monoisotopic (exact) mass is 405 g/mol. The van der Waals surface area contributed by atoms with Crippen molar-refractivity contribution in [2.45, 2.75) is 27.3 Å². The second kappa shape index (κ2) is 9.17. The summed E-state index contributed by atoms with van der Waals surface area (Å²) in [6, 6.07) is 15.4. The van der Waals surface area contributed by atoms with Crippen LogP contribution in [0.2, 0.25) is 0 Å². The largest absolute Gasteiger partial charge is 0.462 e. The minimum absolute atomic E-state index is 0.225. The molecule has 0 saturated carbocycles. The topological polar surface area (TPSA) is 90.3 Å². The summed E-state index contributed by atoms with van der Waals surface area (Å²) in [6.45, 7) is 5.76. The van der Waals surface area contributed by atoms with E-state index in [0.717, 1.165) is 21.4 Å². The van der Waals surface area contributed by atoms with Crippen molar-refractivity contribution >= 4 is 17.6 Å². The third kappa shape index (κ3) is 5.00. The molecule has 0 aliphatic heterocycles. The molecular formula is C23H23N3O4. The predicted molar refractivity (Wildman–Crippen MR) is 114 cm³/mol. The Morgan fingerprint density at radius 3 is 2.47 bits per heavy atom. The molecule has 3 aromatic rings. The zero-order valence-electron chi connectivity index (χ0n) is 17.1. The van der Waals surface area contributed by atoms with Crippen LogP contribution in [-0.4, -0.2) is 28.3 Å². The quantitative estimate of drug-likeness (QED) is 0.635. The highest BCUT2D eigenvalue weighted by molar-refractivity contribution is 5.93. The van der Waals surface area contributed by atoms with Crippen molar-refractivity contribution in [1.29, 1.82) is 0 Å². The number of aryl methyl sites for hydroxylation is 2. The molecule has 0 atom stereocenters. The van der Waals surface area contributed by atoms with E-state index in [0.29, 0.717) is 23.6 Å². The van der Waals surface area contributed by atoms with Gasteiger partial charge in [0.15, 0.2) is 0 Å². The second-order valence-electron chi connectivity index (χ2n) is 6.88. The van der Waals surface area contributed by atoms with Crippen LogP contribution in [0.3, 0.4) is 0 Å². The Labute approximate surface area is 174 Å². The number of anilines is 1. The van der Waals surface area contributed by atoms with Gasteiger partial charge in [0.1, 0.15) is 6.54 Å². The average molecular weight is 405 g/mol. The zero-order valence-corrected chi connectivity index (χ0v) is 17.1. The van der Waals surface area contributed by atoms with Gasteiger partial charge in [0, 0.05) is 17.3 Å². The van der Waals surface area contributed by atoms with Crippen LogP contribution < -0.4 is 10.9 Å². The lowest BCUT2D eigenvalue weighted by atomic mass is 10.0. The summed E-state index contributed by atoms with van der Waals surface area (Å²) in [7, 11) is 0. The number of amides is 1. The van der Waals surface area contributed by atoms with Crippen molar-refractivity contribution in [3.63, 3.8) is 0 Å². The van der Waals surface area contributed by atoms with Crippen LogP contribution in [0.5, 0.6) is 0 Å². The third-order valence-electron chi connectivity index (χ3n) is 4.51. The van der Waals surface area contributed by atoms with Crippen molar-refractivity contribution in [2.24, 2.45) is 0 Å². The molecule has 0 fully saturated rings. The van der Waals surface area contributed by atoms with Crippen LogP contribution >= 0.6 is 0 Å². The molecule has 2 aromatic carbocycles. The molecule has 30 heavy (non-hydrogen) atoms. The van der Waals surface area contributed by atoms with Gasteiger partial charge in [0.2, 0.25) is 5.91 Å². The van der Waals surface area contributed by atoms with Gasteiger partial charge in [-0.1, -0.05) is 17.7 Å². The fourth-order valence-corrected chi connectivity index (χ4v) is 2.96. The number of hydrogen-bond acceptors (Lipinski definition) is 5. The Balaban J connectivity index is 1.74. The number of esters is 1. The Kier molecular flexibility index (Phi) is 6.41. The van der Waals surface area contributed by atoms with Crippen LogP contribution in [0.25, 0.3) is 11.3 Å². The molecule has 0 bridgehead atoms. The third-order valence-corrected chi connectivity index (χ3v) is 4.51. The van der Waals surface area contributed by atoms with E-state index in [9.17, 15) is 14.4 Å². The van der Waals surface area contributed by atoms with E-state index in [4.69, 9.17) is 4.74 Å². The first-order valence-electron chi connectivity index (χ1n) is 9.60. The minimum Gasteiger partial charge on any atom is -0.462 e. The summed E-state index contributed by atoms with van der Waals surface area (Å²) >= 11 is 0. The molecule has 0 aliphatic carbocycles. The summed E-state index contributed by atoms with van der Waals surface area (Å²) in [4.78, 5) is 36.3. The first-order valence-corrected chi connectivity index (χ1v) is 9.60. The van der Waals surface area contributed by atoms with Crippen LogP contribution in [-0.2, 0) is 16.1 Å². The van der Waals surface area contributed by atoms with Gasteiger partial charge in [-0.25, -0.2) is 9.48 Å². The van der Waals surface area contributed by atoms with Gasteiger partial charge in [-0.3, -0.25) is 9.59 Å². The van der Waals surface area contributed by atoms with Crippen molar-refractivity contribution in [3.05, 3.63) is 81.6 Å². The molecule has 1 amide bonds. The maximum Gasteiger partial charge on any atom is 0.338 e. The SMILES string of the molecule is CCOC(=O)c1ccc(NC(=O)Cn2nc(-c3cc(C)ccc3C)ccc2=O)cc1.